The number of furan rings is 1. The molecule has 1 saturated heterocycles. The molecule has 0 N–H and O–H groups in total. The number of nitrogens with zero attached hydrogens (tertiary/aromatic N) is 1. The van der Waals surface area contributed by atoms with Crippen molar-refractivity contribution in [2.24, 2.45) is 0 Å². The maximum atomic E-state index is 12.9. The lowest BCUT2D eigenvalue weighted by molar-refractivity contribution is -0.127. The Bertz CT molecular complexity index is 958. The van der Waals surface area contributed by atoms with E-state index in [0.29, 0.717) is 13.0 Å². The van der Waals surface area contributed by atoms with Gasteiger partial charge >= 0.3 is 0 Å². The molecule has 0 bridgehead atoms. The fourth-order valence-electron chi connectivity index (χ4n) is 3.81. The van der Waals surface area contributed by atoms with Crippen LogP contribution in [0.1, 0.15) is 50.9 Å². The number of benzene rings is 1. The Balaban J connectivity index is 1.86. The summed E-state index contributed by atoms with van der Waals surface area (Å²) in [6.07, 6.45) is 7.66. The Morgan fingerprint density at radius 1 is 1.25 bits per heavy atom. The van der Waals surface area contributed by atoms with Gasteiger partial charge in [-0.05, 0) is 31.4 Å². The van der Waals surface area contributed by atoms with Gasteiger partial charge in [0.1, 0.15) is 11.3 Å². The van der Waals surface area contributed by atoms with Crippen molar-refractivity contribution in [2.45, 2.75) is 52.0 Å². The summed E-state index contributed by atoms with van der Waals surface area (Å²) in [5.74, 6) is 1.01. The number of fused-ring (bicyclic) bond motifs is 1. The van der Waals surface area contributed by atoms with Crippen molar-refractivity contribution < 1.29 is 17.6 Å². The number of carbonyl (C=O) groups is 1. The van der Waals surface area contributed by atoms with Gasteiger partial charge in [0.15, 0.2) is 9.84 Å². The Morgan fingerprint density at radius 3 is 2.71 bits per heavy atom. The van der Waals surface area contributed by atoms with Gasteiger partial charge in [0.05, 0.1) is 11.5 Å². The van der Waals surface area contributed by atoms with Crippen LogP contribution in [0.15, 0.2) is 34.8 Å². The molecule has 2 heterocycles. The number of aryl methyl sites for hydroxylation is 1. The highest BCUT2D eigenvalue weighted by atomic mass is 32.2. The molecule has 1 amide bonds. The third-order valence-corrected chi connectivity index (χ3v) is 7.01. The third kappa shape index (κ3) is 4.66. The molecule has 1 unspecified atom stereocenters. The van der Waals surface area contributed by atoms with E-state index >= 15 is 0 Å². The minimum Gasteiger partial charge on any atom is -0.460 e. The number of hydrogen-bond donors (Lipinski definition) is 0. The van der Waals surface area contributed by atoms with Gasteiger partial charge in [-0.15, -0.1) is 0 Å². The maximum absolute atomic E-state index is 12.9. The van der Waals surface area contributed by atoms with Crippen molar-refractivity contribution in [3.05, 3.63) is 41.7 Å². The first-order valence-electron chi connectivity index (χ1n) is 10.1. The van der Waals surface area contributed by atoms with Gasteiger partial charge in [-0.1, -0.05) is 38.5 Å². The monoisotopic (exact) mass is 403 g/mol. The van der Waals surface area contributed by atoms with Gasteiger partial charge in [-0.3, -0.25) is 4.79 Å². The van der Waals surface area contributed by atoms with E-state index in [1.165, 1.54) is 0 Å². The van der Waals surface area contributed by atoms with Crippen molar-refractivity contribution in [3.63, 3.8) is 0 Å². The molecular formula is C22H29NO4S. The molecule has 1 atom stereocenters. The standard InChI is InChI=1S/C22H29NO4S/c1-3-5-9-20-19(18-8-6-7-10-21(18)27-20)11-12-22(24)23(14-4-2)17-13-15-28(25,26)16-17/h6-8,10-12,17H,3-5,9,13-16H2,1-2H3/b12-11+. The van der Waals surface area contributed by atoms with Gasteiger partial charge in [-0.2, -0.15) is 0 Å². The zero-order valence-corrected chi connectivity index (χ0v) is 17.5. The molecule has 1 aromatic heterocycles. The molecule has 1 fully saturated rings. The van der Waals surface area contributed by atoms with Gasteiger partial charge < -0.3 is 9.32 Å². The van der Waals surface area contributed by atoms with Crippen LogP contribution < -0.4 is 0 Å². The molecule has 152 valence electrons. The number of unbranched alkanes of at least 4 members (excludes halogenated alkanes) is 1. The number of sulfone groups is 1. The van der Waals surface area contributed by atoms with E-state index in [-0.39, 0.29) is 23.5 Å². The van der Waals surface area contributed by atoms with Crippen molar-refractivity contribution in [1.29, 1.82) is 0 Å². The minimum absolute atomic E-state index is 0.0724. The van der Waals surface area contributed by atoms with E-state index in [4.69, 9.17) is 4.42 Å². The molecule has 0 saturated carbocycles. The summed E-state index contributed by atoms with van der Waals surface area (Å²) in [6.45, 7) is 4.71. The summed E-state index contributed by atoms with van der Waals surface area (Å²) in [7, 11) is -3.03. The quantitative estimate of drug-likeness (QED) is 0.619. The highest BCUT2D eigenvalue weighted by molar-refractivity contribution is 7.91. The number of amides is 1. The largest absolute Gasteiger partial charge is 0.460 e. The second-order valence-electron chi connectivity index (χ2n) is 7.46. The van der Waals surface area contributed by atoms with E-state index in [9.17, 15) is 13.2 Å². The van der Waals surface area contributed by atoms with E-state index in [1.807, 2.05) is 37.3 Å². The number of para-hydroxylation sites is 1. The van der Waals surface area contributed by atoms with Crippen LogP contribution in [0.2, 0.25) is 0 Å². The Labute approximate surface area is 167 Å². The molecule has 3 rings (SSSR count). The summed E-state index contributed by atoms with van der Waals surface area (Å²) >= 11 is 0. The Hall–Kier alpha value is -2.08. The van der Waals surface area contributed by atoms with Gasteiger partial charge in [0.2, 0.25) is 5.91 Å². The number of carbonyl (C=O) groups excluding carboxylic acids is 1. The van der Waals surface area contributed by atoms with Crippen molar-refractivity contribution in [3.8, 4) is 0 Å². The van der Waals surface area contributed by atoms with E-state index in [0.717, 1.165) is 48.0 Å². The summed E-state index contributed by atoms with van der Waals surface area (Å²) in [6, 6.07) is 7.63. The summed E-state index contributed by atoms with van der Waals surface area (Å²) in [5, 5.41) is 1.00. The van der Waals surface area contributed by atoms with Gasteiger partial charge in [0, 0.05) is 36.0 Å². The SMILES string of the molecule is CCCCc1oc2ccccc2c1/C=C/C(=O)N(CCC)C1CCS(=O)(=O)C1. The first-order valence-corrected chi connectivity index (χ1v) is 12.0. The van der Waals surface area contributed by atoms with Crippen molar-refractivity contribution >= 4 is 32.8 Å². The lowest BCUT2D eigenvalue weighted by Gasteiger charge is -2.26. The predicted molar refractivity (Wildman–Crippen MR) is 113 cm³/mol. The van der Waals surface area contributed by atoms with Crippen LogP contribution in [0.25, 0.3) is 17.0 Å². The molecular weight excluding hydrogens is 374 g/mol. The highest BCUT2D eigenvalue weighted by Gasteiger charge is 2.33. The number of rotatable bonds is 8. The Kier molecular flexibility index (Phi) is 6.60. The van der Waals surface area contributed by atoms with E-state index in [2.05, 4.69) is 6.92 Å². The average Bonchev–Trinajstić information content (AvgIpc) is 3.21. The average molecular weight is 404 g/mol. The van der Waals surface area contributed by atoms with Gasteiger partial charge in [-0.25, -0.2) is 8.42 Å². The summed E-state index contributed by atoms with van der Waals surface area (Å²) in [5.41, 5.74) is 1.78. The van der Waals surface area contributed by atoms with Crippen LogP contribution in [0, 0.1) is 0 Å². The van der Waals surface area contributed by atoms with Gasteiger partial charge in [0.25, 0.3) is 0 Å². The van der Waals surface area contributed by atoms with Crippen LogP contribution in [0.5, 0.6) is 0 Å². The topological polar surface area (TPSA) is 67.6 Å². The Morgan fingerprint density at radius 2 is 2.04 bits per heavy atom. The van der Waals surface area contributed by atoms with Crippen LogP contribution in [-0.4, -0.2) is 43.3 Å². The molecule has 0 aliphatic carbocycles. The molecule has 1 aliphatic heterocycles. The molecule has 6 heteroatoms. The maximum Gasteiger partial charge on any atom is 0.246 e. The highest BCUT2D eigenvalue weighted by Crippen LogP contribution is 2.28. The van der Waals surface area contributed by atoms with E-state index < -0.39 is 9.84 Å². The third-order valence-electron chi connectivity index (χ3n) is 5.26. The number of hydrogen-bond acceptors (Lipinski definition) is 4. The first-order chi connectivity index (χ1) is 13.4. The summed E-state index contributed by atoms with van der Waals surface area (Å²) < 4.78 is 29.7. The normalized spacial score (nSPS) is 18.9. The molecule has 28 heavy (non-hydrogen) atoms. The van der Waals surface area contributed by atoms with Crippen LogP contribution >= 0.6 is 0 Å². The second kappa shape index (κ2) is 8.95. The van der Waals surface area contributed by atoms with E-state index in [1.54, 1.807) is 11.0 Å². The summed E-state index contributed by atoms with van der Waals surface area (Å²) in [4.78, 5) is 14.6. The molecule has 1 aliphatic rings. The van der Waals surface area contributed by atoms with Crippen LogP contribution in [0.3, 0.4) is 0 Å². The fourth-order valence-corrected chi connectivity index (χ4v) is 5.54. The zero-order chi connectivity index (χ0) is 20.1. The molecule has 2 aromatic rings. The molecule has 5 nitrogen and oxygen atoms in total. The molecule has 0 radical (unpaired) electrons. The fraction of sp³-hybridized carbons (Fsp3) is 0.500. The van der Waals surface area contributed by atoms with Crippen molar-refractivity contribution in [1.82, 2.24) is 4.90 Å². The first kappa shape index (κ1) is 20.6. The molecule has 1 aromatic carbocycles. The lowest BCUT2D eigenvalue weighted by atomic mass is 10.1. The van der Waals surface area contributed by atoms with Crippen LogP contribution in [0.4, 0.5) is 0 Å². The van der Waals surface area contributed by atoms with Crippen molar-refractivity contribution in [2.75, 3.05) is 18.1 Å². The lowest BCUT2D eigenvalue weighted by Crippen LogP contribution is -2.40. The minimum atomic E-state index is -3.03. The zero-order valence-electron chi connectivity index (χ0n) is 16.7. The second-order valence-corrected chi connectivity index (χ2v) is 9.69. The molecule has 0 spiro atoms. The predicted octanol–water partition coefficient (Wildman–Crippen LogP) is 4.21. The van der Waals surface area contributed by atoms with Crippen LogP contribution in [-0.2, 0) is 21.1 Å². The smallest absolute Gasteiger partial charge is 0.246 e.